The van der Waals surface area contributed by atoms with Crippen LogP contribution in [0, 0.1) is 0 Å². The van der Waals surface area contributed by atoms with Gasteiger partial charge in [0, 0.05) is 6.07 Å². The molecule has 3 rings (SSSR count). The molecule has 0 spiro atoms. The predicted octanol–water partition coefficient (Wildman–Crippen LogP) is 3.98. The van der Waals surface area contributed by atoms with E-state index in [0.717, 1.165) is 4.31 Å². The quantitative estimate of drug-likeness (QED) is 0.426. The van der Waals surface area contributed by atoms with E-state index in [1.165, 1.54) is 69.9 Å². The van der Waals surface area contributed by atoms with Crippen molar-refractivity contribution in [3.8, 4) is 11.5 Å². The van der Waals surface area contributed by atoms with Crippen LogP contribution in [0.1, 0.15) is 10.4 Å². The molecule has 9 nitrogen and oxygen atoms in total. The Morgan fingerprint density at radius 3 is 2.23 bits per heavy atom. The second-order valence-corrected chi connectivity index (χ2v) is 9.37. The third kappa shape index (κ3) is 5.84. The van der Waals surface area contributed by atoms with Gasteiger partial charge in [-0.25, -0.2) is 13.2 Å². The van der Waals surface area contributed by atoms with Crippen LogP contribution < -0.4 is 19.1 Å². The Hall–Kier alpha value is -3.76. The Morgan fingerprint density at radius 2 is 1.60 bits per heavy atom. The molecule has 3 aromatic carbocycles. The molecule has 0 aliphatic heterocycles. The maximum atomic E-state index is 13.5. The van der Waals surface area contributed by atoms with E-state index < -0.39 is 28.4 Å². The van der Waals surface area contributed by atoms with Crippen molar-refractivity contribution < 1.29 is 32.2 Å². The highest BCUT2D eigenvalue weighted by Crippen LogP contribution is 2.34. The van der Waals surface area contributed by atoms with Gasteiger partial charge in [0.05, 0.1) is 48.2 Å². The summed E-state index contributed by atoms with van der Waals surface area (Å²) in [6.45, 7) is -0.592. The van der Waals surface area contributed by atoms with Crippen molar-refractivity contribution in [2.45, 2.75) is 4.90 Å². The van der Waals surface area contributed by atoms with Gasteiger partial charge in [-0.3, -0.25) is 9.10 Å². The number of halogens is 1. The van der Waals surface area contributed by atoms with E-state index >= 15 is 0 Å². The predicted molar refractivity (Wildman–Crippen MR) is 132 cm³/mol. The number of ether oxygens (including phenoxy) is 3. The van der Waals surface area contributed by atoms with Gasteiger partial charge in [0.1, 0.15) is 6.54 Å². The van der Waals surface area contributed by atoms with Gasteiger partial charge >= 0.3 is 5.97 Å². The molecule has 0 bridgehead atoms. The number of hydrogen-bond acceptors (Lipinski definition) is 7. The van der Waals surface area contributed by atoms with Gasteiger partial charge in [-0.05, 0) is 42.5 Å². The van der Waals surface area contributed by atoms with Crippen LogP contribution in [0.4, 0.5) is 11.4 Å². The number of methoxy groups -OCH3 is 3. The van der Waals surface area contributed by atoms with Gasteiger partial charge in [0.2, 0.25) is 5.91 Å². The Kier molecular flexibility index (Phi) is 8.21. The SMILES string of the molecule is COC(=O)c1ccc(Cl)c(NC(=O)CN(c2ccc(OC)c(OC)c2)S(=O)(=O)c2ccccc2)c1. The summed E-state index contributed by atoms with van der Waals surface area (Å²) in [6, 6.07) is 16.4. The summed E-state index contributed by atoms with van der Waals surface area (Å²) in [5.74, 6) is -0.629. The summed E-state index contributed by atoms with van der Waals surface area (Å²) in [6.07, 6.45) is 0. The Balaban J connectivity index is 2.00. The summed E-state index contributed by atoms with van der Waals surface area (Å²) in [5.41, 5.74) is 0.473. The summed E-state index contributed by atoms with van der Waals surface area (Å²) < 4.78 is 43.2. The first-order valence-electron chi connectivity index (χ1n) is 10.2. The summed E-state index contributed by atoms with van der Waals surface area (Å²) in [5, 5.41) is 2.73. The molecule has 0 unspecified atom stereocenters. The second-order valence-electron chi connectivity index (χ2n) is 7.10. The van der Waals surface area contributed by atoms with Gasteiger partial charge in [0.15, 0.2) is 11.5 Å². The van der Waals surface area contributed by atoms with Crippen molar-refractivity contribution in [3.05, 3.63) is 77.3 Å². The Labute approximate surface area is 208 Å². The lowest BCUT2D eigenvalue weighted by Crippen LogP contribution is -2.38. The van der Waals surface area contributed by atoms with Crippen LogP contribution in [0.5, 0.6) is 11.5 Å². The van der Waals surface area contributed by atoms with Crippen molar-refractivity contribution in [2.24, 2.45) is 0 Å². The van der Waals surface area contributed by atoms with Gasteiger partial charge in [-0.15, -0.1) is 0 Å². The van der Waals surface area contributed by atoms with E-state index in [1.54, 1.807) is 18.2 Å². The molecular weight excluding hydrogens is 496 g/mol. The zero-order valence-corrected chi connectivity index (χ0v) is 20.7. The zero-order chi connectivity index (χ0) is 25.6. The number of nitrogens with one attached hydrogen (secondary N) is 1. The van der Waals surface area contributed by atoms with Crippen LogP contribution in [0.2, 0.25) is 5.02 Å². The fraction of sp³-hybridized carbons (Fsp3) is 0.167. The third-order valence-electron chi connectivity index (χ3n) is 4.94. The topological polar surface area (TPSA) is 111 Å². The van der Waals surface area contributed by atoms with Crippen molar-refractivity contribution >= 4 is 44.9 Å². The van der Waals surface area contributed by atoms with Crippen molar-refractivity contribution in [1.29, 1.82) is 0 Å². The Morgan fingerprint density at radius 1 is 0.914 bits per heavy atom. The summed E-state index contributed by atoms with van der Waals surface area (Å²) >= 11 is 6.17. The smallest absolute Gasteiger partial charge is 0.337 e. The fourth-order valence-electron chi connectivity index (χ4n) is 3.20. The lowest BCUT2D eigenvalue weighted by atomic mass is 10.2. The highest BCUT2D eigenvalue weighted by Gasteiger charge is 2.28. The molecule has 0 aliphatic rings. The normalized spacial score (nSPS) is 10.9. The average Bonchev–Trinajstić information content (AvgIpc) is 2.88. The molecule has 0 radical (unpaired) electrons. The number of benzene rings is 3. The highest BCUT2D eigenvalue weighted by atomic mass is 35.5. The largest absolute Gasteiger partial charge is 0.493 e. The van der Waals surface area contributed by atoms with E-state index in [9.17, 15) is 18.0 Å². The maximum Gasteiger partial charge on any atom is 0.337 e. The molecule has 0 saturated heterocycles. The molecule has 184 valence electrons. The van der Waals surface area contributed by atoms with Gasteiger partial charge in [0.25, 0.3) is 10.0 Å². The third-order valence-corrected chi connectivity index (χ3v) is 7.05. The standard InChI is InChI=1S/C24H23ClN2O7S/c1-32-21-12-10-17(14-22(21)33-2)27(35(30,31)18-7-5-4-6-8-18)15-23(28)26-20-13-16(24(29)34-3)9-11-19(20)25/h4-14H,15H2,1-3H3,(H,26,28). The highest BCUT2D eigenvalue weighted by molar-refractivity contribution is 7.92. The number of esters is 1. The Bertz CT molecular complexity index is 1330. The van der Waals surface area contributed by atoms with Crippen LogP contribution in [0.3, 0.4) is 0 Å². The number of sulfonamides is 1. The molecule has 1 amide bonds. The lowest BCUT2D eigenvalue weighted by molar-refractivity contribution is -0.114. The van der Waals surface area contributed by atoms with Crippen molar-refractivity contribution in [3.63, 3.8) is 0 Å². The summed E-state index contributed by atoms with van der Waals surface area (Å²) in [4.78, 5) is 24.8. The van der Waals surface area contributed by atoms with Gasteiger partial charge in [-0.2, -0.15) is 0 Å². The van der Waals surface area contributed by atoms with Gasteiger partial charge in [-0.1, -0.05) is 29.8 Å². The minimum Gasteiger partial charge on any atom is -0.493 e. The van der Waals surface area contributed by atoms with Crippen molar-refractivity contribution in [1.82, 2.24) is 0 Å². The number of amides is 1. The number of nitrogens with zero attached hydrogens (tertiary/aromatic N) is 1. The number of anilines is 2. The molecule has 0 heterocycles. The fourth-order valence-corrected chi connectivity index (χ4v) is 4.80. The zero-order valence-electron chi connectivity index (χ0n) is 19.1. The van der Waals surface area contributed by atoms with E-state index in [4.69, 9.17) is 21.1 Å². The molecule has 0 saturated carbocycles. The van der Waals surface area contributed by atoms with E-state index in [2.05, 4.69) is 10.1 Å². The molecule has 35 heavy (non-hydrogen) atoms. The number of carbonyl (C=O) groups excluding carboxylic acids is 2. The van der Waals surface area contributed by atoms with Crippen LogP contribution >= 0.6 is 11.6 Å². The number of hydrogen-bond donors (Lipinski definition) is 1. The number of rotatable bonds is 9. The van der Waals surface area contributed by atoms with E-state index in [-0.39, 0.29) is 32.6 Å². The average molecular weight is 519 g/mol. The molecule has 1 N–H and O–H groups in total. The minimum atomic E-state index is -4.15. The van der Waals surface area contributed by atoms with E-state index in [0.29, 0.717) is 5.75 Å². The van der Waals surface area contributed by atoms with Crippen LogP contribution in [0.25, 0.3) is 0 Å². The molecule has 0 fully saturated rings. The molecule has 0 aliphatic carbocycles. The van der Waals surface area contributed by atoms with Crippen molar-refractivity contribution in [2.75, 3.05) is 37.5 Å². The van der Waals surface area contributed by atoms with E-state index in [1.807, 2.05) is 0 Å². The van der Waals surface area contributed by atoms with Crippen LogP contribution in [-0.2, 0) is 19.6 Å². The first-order chi connectivity index (χ1) is 16.7. The molecule has 11 heteroatoms. The van der Waals surface area contributed by atoms with Crippen LogP contribution in [0.15, 0.2) is 71.6 Å². The second kappa shape index (κ2) is 11.1. The lowest BCUT2D eigenvalue weighted by Gasteiger charge is -2.25. The first kappa shape index (κ1) is 25.9. The summed E-state index contributed by atoms with van der Waals surface area (Å²) in [7, 11) is -0.0545. The molecule has 0 aromatic heterocycles. The number of carbonyl (C=O) groups is 2. The first-order valence-corrected chi connectivity index (χ1v) is 12.0. The molecule has 0 atom stereocenters. The van der Waals surface area contributed by atoms with Crippen LogP contribution in [-0.4, -0.2) is 48.2 Å². The molecule has 3 aromatic rings. The monoisotopic (exact) mass is 518 g/mol. The molecular formula is C24H23ClN2O7S. The minimum absolute atomic E-state index is 0.00620. The van der Waals surface area contributed by atoms with Gasteiger partial charge < -0.3 is 19.5 Å². The maximum absolute atomic E-state index is 13.5.